The SMILES string of the molecule is CC1(C(=O)NC2CCC(N)CC2)CCCN(C(=O)c2ccccc2)C1.Cl. The molecule has 1 atom stereocenters. The van der Waals surface area contributed by atoms with Crippen molar-refractivity contribution in [2.45, 2.75) is 57.5 Å². The third kappa shape index (κ3) is 4.77. The van der Waals surface area contributed by atoms with Gasteiger partial charge in [-0.25, -0.2) is 0 Å². The molecule has 1 saturated carbocycles. The lowest BCUT2D eigenvalue weighted by Crippen LogP contribution is -2.54. The zero-order valence-corrected chi connectivity index (χ0v) is 16.3. The van der Waals surface area contributed by atoms with Gasteiger partial charge < -0.3 is 16.0 Å². The molecule has 26 heavy (non-hydrogen) atoms. The lowest BCUT2D eigenvalue weighted by atomic mass is 9.80. The van der Waals surface area contributed by atoms with E-state index >= 15 is 0 Å². The zero-order chi connectivity index (χ0) is 17.9. The van der Waals surface area contributed by atoms with Crippen molar-refractivity contribution in [2.75, 3.05) is 13.1 Å². The van der Waals surface area contributed by atoms with E-state index in [2.05, 4.69) is 5.32 Å². The highest BCUT2D eigenvalue weighted by molar-refractivity contribution is 5.95. The number of hydrogen-bond acceptors (Lipinski definition) is 3. The first-order valence-electron chi connectivity index (χ1n) is 9.39. The Morgan fingerprint density at radius 3 is 2.46 bits per heavy atom. The highest BCUT2D eigenvalue weighted by atomic mass is 35.5. The first-order chi connectivity index (χ1) is 12.0. The number of halogens is 1. The summed E-state index contributed by atoms with van der Waals surface area (Å²) in [5, 5.41) is 3.22. The first kappa shape index (κ1) is 20.7. The third-order valence-corrected chi connectivity index (χ3v) is 5.66. The molecule has 1 unspecified atom stereocenters. The number of carbonyl (C=O) groups is 2. The van der Waals surface area contributed by atoms with Gasteiger partial charge in [0.15, 0.2) is 0 Å². The van der Waals surface area contributed by atoms with Gasteiger partial charge in [0.05, 0.1) is 5.41 Å². The Bertz CT molecular complexity index is 617. The summed E-state index contributed by atoms with van der Waals surface area (Å²) in [6.45, 7) is 3.19. The Balaban J connectivity index is 0.00000243. The largest absolute Gasteiger partial charge is 0.353 e. The summed E-state index contributed by atoms with van der Waals surface area (Å²) < 4.78 is 0. The lowest BCUT2D eigenvalue weighted by Gasteiger charge is -2.40. The Kier molecular flexibility index (Phi) is 7.07. The molecule has 1 aliphatic carbocycles. The van der Waals surface area contributed by atoms with Crippen molar-refractivity contribution < 1.29 is 9.59 Å². The second-order valence-corrected chi connectivity index (χ2v) is 7.84. The second-order valence-electron chi connectivity index (χ2n) is 7.84. The molecule has 0 bridgehead atoms. The van der Waals surface area contributed by atoms with Crippen LogP contribution in [0.2, 0.25) is 0 Å². The maximum Gasteiger partial charge on any atom is 0.253 e. The van der Waals surface area contributed by atoms with Crippen molar-refractivity contribution in [1.82, 2.24) is 10.2 Å². The van der Waals surface area contributed by atoms with Crippen molar-refractivity contribution in [3.05, 3.63) is 35.9 Å². The molecule has 6 heteroatoms. The number of amides is 2. The highest BCUT2D eigenvalue weighted by Gasteiger charge is 2.40. The number of hydrogen-bond donors (Lipinski definition) is 2. The van der Waals surface area contributed by atoms with Gasteiger partial charge in [0.25, 0.3) is 5.91 Å². The first-order valence-corrected chi connectivity index (χ1v) is 9.39. The van der Waals surface area contributed by atoms with Crippen LogP contribution in [0.4, 0.5) is 0 Å². The van der Waals surface area contributed by atoms with Crippen LogP contribution in [-0.2, 0) is 4.79 Å². The molecule has 0 aromatic heterocycles. The van der Waals surface area contributed by atoms with Crippen molar-refractivity contribution in [2.24, 2.45) is 11.1 Å². The fourth-order valence-corrected chi connectivity index (χ4v) is 3.98. The number of carbonyl (C=O) groups excluding carboxylic acids is 2. The van der Waals surface area contributed by atoms with E-state index in [0.717, 1.165) is 45.1 Å². The van der Waals surface area contributed by atoms with Crippen LogP contribution < -0.4 is 11.1 Å². The minimum absolute atomic E-state index is 0. The van der Waals surface area contributed by atoms with E-state index in [4.69, 9.17) is 5.73 Å². The minimum Gasteiger partial charge on any atom is -0.353 e. The van der Waals surface area contributed by atoms with Crippen LogP contribution in [0.25, 0.3) is 0 Å². The van der Waals surface area contributed by atoms with Gasteiger partial charge in [0.1, 0.15) is 0 Å². The Morgan fingerprint density at radius 1 is 1.15 bits per heavy atom. The molecule has 1 aromatic rings. The lowest BCUT2D eigenvalue weighted by molar-refractivity contribution is -0.133. The van der Waals surface area contributed by atoms with Crippen LogP contribution in [0.1, 0.15) is 55.8 Å². The van der Waals surface area contributed by atoms with E-state index < -0.39 is 5.41 Å². The normalized spacial score (nSPS) is 28.8. The summed E-state index contributed by atoms with van der Waals surface area (Å²) in [7, 11) is 0. The van der Waals surface area contributed by atoms with Crippen LogP contribution in [0.15, 0.2) is 30.3 Å². The molecular formula is C20H30ClN3O2. The number of piperidine rings is 1. The predicted octanol–water partition coefficient (Wildman–Crippen LogP) is 2.74. The van der Waals surface area contributed by atoms with Gasteiger partial charge in [-0.1, -0.05) is 18.2 Å². The fraction of sp³-hybridized carbons (Fsp3) is 0.600. The highest BCUT2D eigenvalue weighted by Crippen LogP contribution is 2.31. The molecule has 2 fully saturated rings. The van der Waals surface area contributed by atoms with Gasteiger partial charge in [-0.15, -0.1) is 12.4 Å². The molecule has 0 spiro atoms. The molecule has 1 aromatic carbocycles. The van der Waals surface area contributed by atoms with Gasteiger partial charge in [0, 0.05) is 30.7 Å². The predicted molar refractivity (Wildman–Crippen MR) is 105 cm³/mol. The topological polar surface area (TPSA) is 75.4 Å². The maximum absolute atomic E-state index is 12.9. The molecular weight excluding hydrogens is 350 g/mol. The van der Waals surface area contributed by atoms with Crippen molar-refractivity contribution in [1.29, 1.82) is 0 Å². The van der Waals surface area contributed by atoms with Crippen LogP contribution in [0, 0.1) is 5.41 Å². The monoisotopic (exact) mass is 379 g/mol. The molecule has 0 radical (unpaired) electrons. The summed E-state index contributed by atoms with van der Waals surface area (Å²) >= 11 is 0. The summed E-state index contributed by atoms with van der Waals surface area (Å²) in [5.74, 6) is 0.0986. The molecule has 5 nitrogen and oxygen atoms in total. The number of rotatable bonds is 3. The molecule has 1 saturated heterocycles. The smallest absolute Gasteiger partial charge is 0.253 e. The van der Waals surface area contributed by atoms with E-state index in [1.54, 1.807) is 0 Å². The average Bonchev–Trinajstić information content (AvgIpc) is 2.63. The van der Waals surface area contributed by atoms with Gasteiger partial charge in [-0.3, -0.25) is 9.59 Å². The van der Waals surface area contributed by atoms with E-state index in [1.807, 2.05) is 42.2 Å². The molecule has 1 heterocycles. The molecule has 144 valence electrons. The number of likely N-dealkylation sites (tertiary alicyclic amines) is 1. The third-order valence-electron chi connectivity index (χ3n) is 5.66. The quantitative estimate of drug-likeness (QED) is 0.847. The zero-order valence-electron chi connectivity index (χ0n) is 15.4. The number of nitrogens with two attached hydrogens (primary N) is 1. The number of nitrogens with one attached hydrogen (secondary N) is 1. The van der Waals surface area contributed by atoms with Crippen molar-refractivity contribution in [3.8, 4) is 0 Å². The van der Waals surface area contributed by atoms with Gasteiger partial charge in [-0.05, 0) is 57.6 Å². The summed E-state index contributed by atoms with van der Waals surface area (Å²) in [5.41, 5.74) is 6.12. The Hall–Kier alpha value is -1.59. The van der Waals surface area contributed by atoms with E-state index in [1.165, 1.54) is 0 Å². The fourth-order valence-electron chi connectivity index (χ4n) is 3.98. The summed E-state index contributed by atoms with van der Waals surface area (Å²) in [6, 6.07) is 9.81. The van der Waals surface area contributed by atoms with E-state index in [0.29, 0.717) is 12.1 Å². The van der Waals surface area contributed by atoms with E-state index in [9.17, 15) is 9.59 Å². The maximum atomic E-state index is 12.9. The Labute approximate surface area is 162 Å². The Morgan fingerprint density at radius 2 is 1.81 bits per heavy atom. The van der Waals surface area contributed by atoms with Crippen molar-refractivity contribution in [3.63, 3.8) is 0 Å². The second kappa shape index (κ2) is 8.87. The van der Waals surface area contributed by atoms with Crippen LogP contribution in [0.3, 0.4) is 0 Å². The standard InChI is InChI=1S/C20H29N3O2.ClH/c1-20(19(25)22-17-10-8-16(21)9-11-17)12-5-13-23(14-20)18(24)15-6-3-2-4-7-15;/h2-4,6-7,16-17H,5,8-14,21H2,1H3,(H,22,25);1H. The number of benzene rings is 1. The van der Waals surface area contributed by atoms with Gasteiger partial charge in [-0.2, -0.15) is 0 Å². The molecule has 2 amide bonds. The van der Waals surface area contributed by atoms with Crippen molar-refractivity contribution >= 4 is 24.2 Å². The molecule has 3 N–H and O–H groups in total. The molecule has 2 aliphatic rings. The molecule has 3 rings (SSSR count). The minimum atomic E-state index is -0.512. The van der Waals surface area contributed by atoms with Crippen LogP contribution >= 0.6 is 12.4 Å². The summed E-state index contributed by atoms with van der Waals surface area (Å²) in [6.07, 6.45) is 5.54. The van der Waals surface area contributed by atoms with E-state index in [-0.39, 0.29) is 36.3 Å². The van der Waals surface area contributed by atoms with Crippen LogP contribution in [0.5, 0.6) is 0 Å². The average molecular weight is 380 g/mol. The number of nitrogens with zero attached hydrogens (tertiary/aromatic N) is 1. The molecule has 1 aliphatic heterocycles. The van der Waals surface area contributed by atoms with Crippen LogP contribution in [-0.4, -0.2) is 41.9 Å². The van der Waals surface area contributed by atoms with Gasteiger partial charge >= 0.3 is 0 Å². The van der Waals surface area contributed by atoms with Gasteiger partial charge in [0.2, 0.25) is 5.91 Å². The summed E-state index contributed by atoms with van der Waals surface area (Å²) in [4.78, 5) is 27.4.